The molecule has 2 amide bonds. The van der Waals surface area contributed by atoms with Crippen LogP contribution in [0.2, 0.25) is 10.0 Å². The summed E-state index contributed by atoms with van der Waals surface area (Å²) in [6.45, 7) is 7.76. The van der Waals surface area contributed by atoms with Crippen LogP contribution in [0.1, 0.15) is 48.9 Å². The zero-order chi connectivity index (χ0) is 31.0. The summed E-state index contributed by atoms with van der Waals surface area (Å²) in [7, 11) is -3.60. The van der Waals surface area contributed by atoms with Crippen molar-refractivity contribution in [3.8, 4) is 0 Å². The number of halogens is 2. The molecule has 0 heterocycles. The molecule has 7 nitrogen and oxygen atoms in total. The van der Waals surface area contributed by atoms with Crippen molar-refractivity contribution in [3.63, 3.8) is 0 Å². The highest BCUT2D eigenvalue weighted by molar-refractivity contribution is 7.92. The molecule has 0 saturated carbocycles. The summed E-state index contributed by atoms with van der Waals surface area (Å²) in [6.07, 6.45) is 1.78. The van der Waals surface area contributed by atoms with E-state index in [2.05, 4.69) is 5.32 Å². The summed E-state index contributed by atoms with van der Waals surface area (Å²) >= 11 is 12.4. The number of hydrogen-bond acceptors (Lipinski definition) is 4. The summed E-state index contributed by atoms with van der Waals surface area (Å²) in [6, 6.07) is 19.4. The molecular formula is C32H39Cl2N3O4S. The van der Waals surface area contributed by atoms with Gasteiger partial charge in [0.1, 0.15) is 6.04 Å². The van der Waals surface area contributed by atoms with Gasteiger partial charge in [0.2, 0.25) is 21.8 Å². The number of nitrogens with one attached hydrogen (secondary N) is 1. The number of carbonyl (C=O) groups is 2. The Balaban J connectivity index is 1.92. The van der Waals surface area contributed by atoms with E-state index in [4.69, 9.17) is 23.2 Å². The van der Waals surface area contributed by atoms with Crippen LogP contribution in [-0.4, -0.2) is 50.0 Å². The fraction of sp³-hybridized carbons (Fsp3) is 0.375. The monoisotopic (exact) mass is 631 g/mol. The van der Waals surface area contributed by atoms with E-state index in [1.165, 1.54) is 10.6 Å². The average Bonchev–Trinajstić information content (AvgIpc) is 2.91. The number of carbonyl (C=O) groups excluding carboxylic acids is 2. The molecule has 1 atom stereocenters. The third-order valence-electron chi connectivity index (χ3n) is 6.82. The summed E-state index contributed by atoms with van der Waals surface area (Å²) < 4.78 is 26.9. The number of rotatable bonds is 13. The maximum absolute atomic E-state index is 13.9. The Morgan fingerprint density at radius 3 is 2.21 bits per heavy atom. The highest BCUT2D eigenvalue weighted by atomic mass is 35.5. The maximum atomic E-state index is 13.9. The first kappa shape index (κ1) is 33.4. The summed E-state index contributed by atoms with van der Waals surface area (Å²) in [5, 5.41) is 3.71. The van der Waals surface area contributed by atoms with Gasteiger partial charge in [-0.05, 0) is 74.6 Å². The zero-order valence-electron chi connectivity index (χ0n) is 24.7. The second kappa shape index (κ2) is 14.9. The summed E-state index contributed by atoms with van der Waals surface area (Å²) in [5.41, 5.74) is 3.99. The molecule has 1 N–H and O–H groups in total. The van der Waals surface area contributed by atoms with E-state index in [-0.39, 0.29) is 43.8 Å². The van der Waals surface area contributed by atoms with Gasteiger partial charge in [0, 0.05) is 32.0 Å². The lowest BCUT2D eigenvalue weighted by Gasteiger charge is -2.32. The molecule has 3 aromatic carbocycles. The molecule has 226 valence electrons. The number of anilines is 1. The lowest BCUT2D eigenvalue weighted by Crippen LogP contribution is -2.51. The third-order valence-corrected chi connectivity index (χ3v) is 8.74. The number of nitrogens with zero attached hydrogens (tertiary/aromatic N) is 2. The van der Waals surface area contributed by atoms with Crippen LogP contribution >= 0.6 is 23.2 Å². The van der Waals surface area contributed by atoms with Gasteiger partial charge >= 0.3 is 0 Å². The minimum atomic E-state index is -3.60. The second-order valence-corrected chi connectivity index (χ2v) is 13.6. The van der Waals surface area contributed by atoms with E-state index in [1.54, 1.807) is 23.1 Å². The molecule has 42 heavy (non-hydrogen) atoms. The molecule has 0 spiro atoms. The van der Waals surface area contributed by atoms with Gasteiger partial charge in [-0.1, -0.05) is 71.7 Å². The predicted molar refractivity (Wildman–Crippen MR) is 172 cm³/mol. The molecule has 0 unspecified atom stereocenters. The molecule has 0 aliphatic rings. The molecule has 0 aromatic heterocycles. The summed E-state index contributed by atoms with van der Waals surface area (Å²) in [5.74, 6) is -0.536. The SMILES string of the molecule is Cc1ccc(C)c(N(CCCC(=O)N(Cc2ccc(Cl)c(Cl)c2)[C@H](Cc2ccccc2)C(=O)NC(C)C)S(C)(=O)=O)c1. The molecule has 10 heteroatoms. The lowest BCUT2D eigenvalue weighted by atomic mass is 10.0. The van der Waals surface area contributed by atoms with Crippen molar-refractivity contribution in [2.45, 2.75) is 65.6 Å². The first-order valence-electron chi connectivity index (χ1n) is 13.9. The topological polar surface area (TPSA) is 86.8 Å². The van der Waals surface area contributed by atoms with E-state index < -0.39 is 16.1 Å². The fourth-order valence-corrected chi connectivity index (χ4v) is 6.08. The van der Waals surface area contributed by atoms with Gasteiger partial charge < -0.3 is 10.2 Å². The van der Waals surface area contributed by atoms with Crippen LogP contribution in [0, 0.1) is 13.8 Å². The van der Waals surface area contributed by atoms with Crippen molar-refractivity contribution in [2.75, 3.05) is 17.1 Å². The van der Waals surface area contributed by atoms with Crippen LogP contribution in [0.15, 0.2) is 66.7 Å². The van der Waals surface area contributed by atoms with E-state index >= 15 is 0 Å². The van der Waals surface area contributed by atoms with Gasteiger partial charge in [0.25, 0.3) is 0 Å². The number of amides is 2. The van der Waals surface area contributed by atoms with Gasteiger partial charge in [-0.25, -0.2) is 8.42 Å². The minimum absolute atomic E-state index is 0.0401. The molecule has 0 aliphatic carbocycles. The molecule has 0 radical (unpaired) electrons. The predicted octanol–water partition coefficient (Wildman–Crippen LogP) is 6.32. The quantitative estimate of drug-likeness (QED) is 0.239. The zero-order valence-corrected chi connectivity index (χ0v) is 27.1. The Bertz CT molecular complexity index is 1500. The number of benzene rings is 3. The Hall–Kier alpha value is -3.07. The van der Waals surface area contributed by atoms with Crippen LogP contribution in [0.4, 0.5) is 5.69 Å². The standard InChI is InChI=1S/C32H39Cl2N3O4S/c1-22(2)35-32(39)30(20-25-10-7-6-8-11-25)36(21-26-15-16-27(33)28(34)19-26)31(38)12-9-17-37(42(5,40)41)29-18-23(3)13-14-24(29)4/h6-8,10-11,13-16,18-19,22,30H,9,12,17,20-21H2,1-5H3,(H,35,39)/t30-/m1/s1. The second-order valence-electron chi connectivity index (χ2n) is 10.9. The normalized spacial score (nSPS) is 12.2. The van der Waals surface area contributed by atoms with Gasteiger partial charge in [0.05, 0.1) is 22.0 Å². The van der Waals surface area contributed by atoms with Crippen LogP contribution in [-0.2, 0) is 32.6 Å². The third kappa shape index (κ3) is 9.48. The van der Waals surface area contributed by atoms with E-state index in [0.717, 1.165) is 22.3 Å². The van der Waals surface area contributed by atoms with Gasteiger partial charge in [-0.2, -0.15) is 0 Å². The number of aryl methyl sites for hydroxylation is 2. The largest absolute Gasteiger partial charge is 0.352 e. The smallest absolute Gasteiger partial charge is 0.243 e. The Labute approximate surface area is 259 Å². The van der Waals surface area contributed by atoms with Crippen LogP contribution in [0.3, 0.4) is 0 Å². The molecule has 0 saturated heterocycles. The first-order chi connectivity index (χ1) is 19.8. The van der Waals surface area contributed by atoms with Crippen molar-refractivity contribution in [1.29, 1.82) is 0 Å². The highest BCUT2D eigenvalue weighted by Gasteiger charge is 2.31. The van der Waals surface area contributed by atoms with Crippen molar-refractivity contribution in [1.82, 2.24) is 10.2 Å². The van der Waals surface area contributed by atoms with Gasteiger partial charge in [-0.3, -0.25) is 13.9 Å². The Morgan fingerprint density at radius 2 is 1.60 bits per heavy atom. The Morgan fingerprint density at radius 1 is 0.905 bits per heavy atom. The highest BCUT2D eigenvalue weighted by Crippen LogP contribution is 2.26. The van der Waals surface area contributed by atoms with Crippen molar-refractivity contribution < 1.29 is 18.0 Å². The van der Waals surface area contributed by atoms with Crippen molar-refractivity contribution in [3.05, 3.63) is 99.0 Å². The first-order valence-corrected chi connectivity index (χ1v) is 16.5. The average molecular weight is 633 g/mol. The van der Waals surface area contributed by atoms with Crippen LogP contribution in [0.25, 0.3) is 0 Å². The van der Waals surface area contributed by atoms with Crippen LogP contribution in [0.5, 0.6) is 0 Å². The molecule has 3 aromatic rings. The van der Waals surface area contributed by atoms with Crippen molar-refractivity contribution in [2.24, 2.45) is 0 Å². The Kier molecular flexibility index (Phi) is 11.9. The fourth-order valence-electron chi connectivity index (χ4n) is 4.74. The summed E-state index contributed by atoms with van der Waals surface area (Å²) in [4.78, 5) is 29.0. The van der Waals surface area contributed by atoms with E-state index in [0.29, 0.717) is 22.2 Å². The van der Waals surface area contributed by atoms with Gasteiger partial charge in [-0.15, -0.1) is 0 Å². The molecular weight excluding hydrogens is 593 g/mol. The molecule has 0 aliphatic heterocycles. The number of hydrogen-bond donors (Lipinski definition) is 1. The van der Waals surface area contributed by atoms with Crippen LogP contribution < -0.4 is 9.62 Å². The molecule has 3 rings (SSSR count). The van der Waals surface area contributed by atoms with E-state index in [9.17, 15) is 18.0 Å². The minimum Gasteiger partial charge on any atom is -0.352 e. The lowest BCUT2D eigenvalue weighted by molar-refractivity contribution is -0.141. The maximum Gasteiger partial charge on any atom is 0.243 e. The number of sulfonamides is 1. The van der Waals surface area contributed by atoms with E-state index in [1.807, 2.05) is 76.2 Å². The van der Waals surface area contributed by atoms with Crippen molar-refractivity contribution >= 4 is 50.7 Å². The van der Waals surface area contributed by atoms with Gasteiger partial charge in [0.15, 0.2) is 0 Å². The molecule has 0 bridgehead atoms. The molecule has 0 fully saturated rings.